The molecule has 0 atom stereocenters. The number of hydrogen-bond acceptors (Lipinski definition) is 4. The van der Waals surface area contributed by atoms with Crippen molar-refractivity contribution in [3.05, 3.63) is 48.0 Å². The van der Waals surface area contributed by atoms with Crippen LogP contribution in [0.1, 0.15) is 23.7 Å². The molecule has 3 N–H and O–H groups in total. The van der Waals surface area contributed by atoms with Gasteiger partial charge in [0.05, 0.1) is 5.52 Å². The molecule has 0 spiro atoms. The van der Waals surface area contributed by atoms with Gasteiger partial charge in [-0.05, 0) is 41.8 Å². The second kappa shape index (κ2) is 7.34. The predicted molar refractivity (Wildman–Crippen MR) is 109 cm³/mol. The number of nitrogen functional groups attached to an aromatic ring is 1. The highest BCUT2D eigenvalue weighted by molar-refractivity contribution is 5.96. The number of rotatable bonds is 2. The number of carbonyl (C=O) groups is 2. The Balaban J connectivity index is 1.58. The van der Waals surface area contributed by atoms with Gasteiger partial charge in [-0.3, -0.25) is 14.7 Å². The van der Waals surface area contributed by atoms with Crippen molar-refractivity contribution in [1.82, 2.24) is 20.0 Å². The van der Waals surface area contributed by atoms with Gasteiger partial charge in [-0.2, -0.15) is 5.10 Å². The van der Waals surface area contributed by atoms with Crippen LogP contribution in [0.2, 0.25) is 0 Å². The smallest absolute Gasteiger partial charge is 0.253 e. The maximum atomic E-state index is 13.0. The summed E-state index contributed by atoms with van der Waals surface area (Å²) < 4.78 is 0. The van der Waals surface area contributed by atoms with Crippen LogP contribution in [0.15, 0.2) is 42.5 Å². The van der Waals surface area contributed by atoms with Crippen molar-refractivity contribution in [3.63, 3.8) is 0 Å². The lowest BCUT2D eigenvalue weighted by Gasteiger charge is -2.21. The van der Waals surface area contributed by atoms with Crippen LogP contribution in [-0.2, 0) is 4.79 Å². The van der Waals surface area contributed by atoms with E-state index in [1.807, 2.05) is 47.4 Å². The molecule has 2 heterocycles. The Hall–Kier alpha value is -3.35. The maximum Gasteiger partial charge on any atom is 0.253 e. The number of benzene rings is 2. The van der Waals surface area contributed by atoms with E-state index in [1.54, 1.807) is 11.8 Å². The Kier molecular flexibility index (Phi) is 4.73. The van der Waals surface area contributed by atoms with Crippen LogP contribution in [0.25, 0.3) is 22.0 Å². The van der Waals surface area contributed by atoms with Crippen LogP contribution in [-0.4, -0.2) is 58.0 Å². The normalized spacial score (nSPS) is 14.9. The molecular formula is C21H23N5O2. The number of fused-ring (bicyclic) bond motifs is 1. The summed E-state index contributed by atoms with van der Waals surface area (Å²) in [6.07, 6.45) is 0.793. The average molecular weight is 377 g/mol. The number of anilines is 1. The molecule has 7 heteroatoms. The lowest BCUT2D eigenvalue weighted by molar-refractivity contribution is -0.128. The molecule has 4 rings (SSSR count). The molecule has 7 nitrogen and oxygen atoms in total. The second-order valence-electron chi connectivity index (χ2n) is 7.10. The third kappa shape index (κ3) is 3.43. The molecule has 1 aromatic heterocycles. The van der Waals surface area contributed by atoms with Gasteiger partial charge in [-0.1, -0.05) is 18.2 Å². The van der Waals surface area contributed by atoms with Crippen molar-refractivity contribution in [2.24, 2.45) is 0 Å². The number of nitrogens with one attached hydrogen (secondary N) is 1. The zero-order valence-corrected chi connectivity index (χ0v) is 15.8. The van der Waals surface area contributed by atoms with E-state index in [0.717, 1.165) is 28.5 Å². The van der Waals surface area contributed by atoms with Gasteiger partial charge >= 0.3 is 0 Å². The van der Waals surface area contributed by atoms with E-state index in [9.17, 15) is 9.59 Å². The van der Waals surface area contributed by atoms with Gasteiger partial charge in [0.1, 0.15) is 0 Å². The highest BCUT2D eigenvalue weighted by Gasteiger charge is 2.21. The van der Waals surface area contributed by atoms with E-state index >= 15 is 0 Å². The number of hydrogen-bond donors (Lipinski definition) is 2. The summed E-state index contributed by atoms with van der Waals surface area (Å²) in [5.41, 5.74) is 9.38. The minimum Gasteiger partial charge on any atom is -0.382 e. The van der Waals surface area contributed by atoms with Crippen LogP contribution in [0.5, 0.6) is 0 Å². The number of nitrogens with two attached hydrogens (primary N) is 1. The van der Waals surface area contributed by atoms with Crippen LogP contribution in [0.4, 0.5) is 5.82 Å². The lowest BCUT2D eigenvalue weighted by atomic mass is 10.0. The summed E-state index contributed by atoms with van der Waals surface area (Å²) in [6, 6.07) is 13.5. The molecule has 1 saturated heterocycles. The fourth-order valence-corrected chi connectivity index (χ4v) is 3.66. The monoisotopic (exact) mass is 377 g/mol. The van der Waals surface area contributed by atoms with Gasteiger partial charge in [0.2, 0.25) is 5.91 Å². The molecule has 1 fully saturated rings. The van der Waals surface area contributed by atoms with Gasteiger partial charge in [0.15, 0.2) is 5.82 Å². The Bertz CT molecular complexity index is 1040. The fraction of sp³-hybridized carbons (Fsp3) is 0.286. The first-order valence-corrected chi connectivity index (χ1v) is 9.42. The molecule has 0 aliphatic carbocycles. The molecule has 1 aliphatic heterocycles. The van der Waals surface area contributed by atoms with E-state index in [1.165, 1.54) is 0 Å². The topological polar surface area (TPSA) is 95.3 Å². The van der Waals surface area contributed by atoms with Crippen molar-refractivity contribution in [2.75, 3.05) is 31.9 Å². The standard InChI is InChI=1S/C21H23N5O2/c1-14(27)25-8-3-9-26(11-10-25)21(28)17-5-2-4-15(12-17)16-6-7-19-18(13-16)20(22)24-23-19/h2,4-7,12-13H,3,8-11H2,1H3,(H3,22,23,24). The van der Waals surface area contributed by atoms with Gasteiger partial charge in [-0.25, -0.2) is 0 Å². The van der Waals surface area contributed by atoms with Crippen molar-refractivity contribution in [2.45, 2.75) is 13.3 Å². The molecule has 2 amide bonds. The van der Waals surface area contributed by atoms with E-state index in [0.29, 0.717) is 37.6 Å². The van der Waals surface area contributed by atoms with E-state index in [2.05, 4.69) is 10.2 Å². The van der Waals surface area contributed by atoms with Crippen molar-refractivity contribution >= 4 is 28.5 Å². The molecule has 28 heavy (non-hydrogen) atoms. The largest absolute Gasteiger partial charge is 0.382 e. The number of nitrogens with zero attached hydrogens (tertiary/aromatic N) is 3. The van der Waals surface area contributed by atoms with Gasteiger partial charge < -0.3 is 15.5 Å². The van der Waals surface area contributed by atoms with E-state index in [4.69, 9.17) is 5.73 Å². The Morgan fingerprint density at radius 1 is 1.00 bits per heavy atom. The SMILES string of the molecule is CC(=O)N1CCCN(C(=O)c2cccc(-c3ccc4[nH]nc(N)c4c3)c2)CC1. The molecule has 2 aromatic carbocycles. The van der Waals surface area contributed by atoms with E-state index in [-0.39, 0.29) is 11.8 Å². The van der Waals surface area contributed by atoms with Crippen LogP contribution >= 0.6 is 0 Å². The molecule has 144 valence electrons. The third-order valence-electron chi connectivity index (χ3n) is 5.26. The van der Waals surface area contributed by atoms with Crippen LogP contribution < -0.4 is 5.73 Å². The molecule has 3 aromatic rings. The van der Waals surface area contributed by atoms with Crippen molar-refractivity contribution in [1.29, 1.82) is 0 Å². The van der Waals surface area contributed by atoms with Gasteiger partial charge in [-0.15, -0.1) is 0 Å². The summed E-state index contributed by atoms with van der Waals surface area (Å²) in [7, 11) is 0. The number of aromatic amines is 1. The number of H-pyrrole nitrogens is 1. The van der Waals surface area contributed by atoms with Crippen molar-refractivity contribution < 1.29 is 9.59 Å². The first kappa shape index (κ1) is 18.0. The minimum absolute atomic E-state index is 0.00356. The summed E-state index contributed by atoms with van der Waals surface area (Å²) in [5.74, 6) is 0.519. The maximum absolute atomic E-state index is 13.0. The number of carbonyl (C=O) groups excluding carboxylic acids is 2. The predicted octanol–water partition coefficient (Wildman–Crippen LogP) is 2.51. The molecule has 0 unspecified atom stereocenters. The molecule has 0 radical (unpaired) electrons. The lowest BCUT2D eigenvalue weighted by Crippen LogP contribution is -2.36. The second-order valence-corrected chi connectivity index (χ2v) is 7.10. The average Bonchev–Trinajstić information content (AvgIpc) is 2.92. The fourth-order valence-electron chi connectivity index (χ4n) is 3.66. The van der Waals surface area contributed by atoms with Crippen LogP contribution in [0.3, 0.4) is 0 Å². The summed E-state index contributed by atoms with van der Waals surface area (Å²) in [4.78, 5) is 28.3. The Morgan fingerprint density at radius 3 is 2.57 bits per heavy atom. The Labute approximate surface area is 163 Å². The quantitative estimate of drug-likeness (QED) is 0.717. The zero-order chi connectivity index (χ0) is 19.7. The van der Waals surface area contributed by atoms with E-state index < -0.39 is 0 Å². The van der Waals surface area contributed by atoms with Crippen molar-refractivity contribution in [3.8, 4) is 11.1 Å². The Morgan fingerprint density at radius 2 is 1.75 bits per heavy atom. The third-order valence-corrected chi connectivity index (χ3v) is 5.26. The first-order chi connectivity index (χ1) is 13.5. The summed E-state index contributed by atoms with van der Waals surface area (Å²) in [5, 5.41) is 7.79. The van der Waals surface area contributed by atoms with Crippen LogP contribution in [0, 0.1) is 0 Å². The highest BCUT2D eigenvalue weighted by atomic mass is 16.2. The number of amides is 2. The first-order valence-electron chi connectivity index (χ1n) is 9.42. The molecular weight excluding hydrogens is 354 g/mol. The summed E-state index contributed by atoms with van der Waals surface area (Å²) >= 11 is 0. The molecule has 0 bridgehead atoms. The number of aromatic nitrogens is 2. The van der Waals surface area contributed by atoms with Gasteiger partial charge in [0.25, 0.3) is 5.91 Å². The van der Waals surface area contributed by atoms with Gasteiger partial charge in [0, 0.05) is 44.1 Å². The minimum atomic E-state index is -0.00356. The summed E-state index contributed by atoms with van der Waals surface area (Å²) in [6.45, 7) is 4.07. The zero-order valence-electron chi connectivity index (χ0n) is 15.8. The molecule has 1 aliphatic rings. The highest BCUT2D eigenvalue weighted by Crippen LogP contribution is 2.27. The molecule has 0 saturated carbocycles.